The number of carbonyl (C=O) groups excluding carboxylic acids is 1. The molecule has 0 unspecified atom stereocenters. The molecule has 68 valence electrons. The van der Waals surface area contributed by atoms with Crippen LogP contribution >= 0.6 is 11.6 Å². The van der Waals surface area contributed by atoms with Crippen LogP contribution in [0.4, 0.5) is 0 Å². The molecule has 0 amide bonds. The molecule has 0 radical (unpaired) electrons. The van der Waals surface area contributed by atoms with Gasteiger partial charge in [-0.1, -0.05) is 30.3 Å². The van der Waals surface area contributed by atoms with Gasteiger partial charge in [0.25, 0.3) is 0 Å². The fraction of sp³-hybridized carbons (Fsp3) is 0.273. The number of Topliss-reactive ketones (excluding diaryl/α,β-unsaturated/α-hetero) is 1. The summed E-state index contributed by atoms with van der Waals surface area (Å²) in [6.07, 6.45) is 0.673. The summed E-state index contributed by atoms with van der Waals surface area (Å²) in [6.45, 7) is 3.77. The van der Waals surface area contributed by atoms with E-state index in [0.717, 1.165) is 5.56 Å². The van der Waals surface area contributed by atoms with E-state index < -0.39 is 0 Å². The van der Waals surface area contributed by atoms with Crippen LogP contribution in [0.1, 0.15) is 5.56 Å². The Morgan fingerprint density at radius 3 is 2.54 bits per heavy atom. The average molecular weight is 196 g/mol. The van der Waals surface area contributed by atoms with Gasteiger partial charge in [0.2, 0.25) is 0 Å². The second kappa shape index (κ2) is 4.93. The first-order valence-electron chi connectivity index (χ1n) is 4.19. The molecule has 1 aromatic rings. The van der Waals surface area contributed by atoms with Crippen molar-refractivity contribution in [1.82, 2.24) is 0 Å². The number of hydrogen-bond donors (Lipinski definition) is 0. The summed E-state index contributed by atoms with van der Waals surface area (Å²) in [5.74, 6) is -0.161. The van der Waals surface area contributed by atoms with Crippen LogP contribution in [0, 0.1) is 12.8 Å². The molecule has 1 atom stereocenters. The summed E-state index contributed by atoms with van der Waals surface area (Å²) in [4.78, 5) is 11.1. The predicted molar refractivity (Wildman–Crippen MR) is 54.7 cm³/mol. The Morgan fingerprint density at radius 1 is 1.38 bits per heavy atom. The van der Waals surface area contributed by atoms with Crippen molar-refractivity contribution in [3.05, 3.63) is 42.8 Å². The van der Waals surface area contributed by atoms with Crippen LogP contribution in [0.2, 0.25) is 0 Å². The van der Waals surface area contributed by atoms with Gasteiger partial charge in [-0.3, -0.25) is 4.79 Å². The molecule has 13 heavy (non-hydrogen) atoms. The van der Waals surface area contributed by atoms with Gasteiger partial charge < -0.3 is 0 Å². The first kappa shape index (κ1) is 10.1. The molecule has 0 spiro atoms. The Hall–Kier alpha value is -0.950. The van der Waals surface area contributed by atoms with Crippen molar-refractivity contribution in [1.29, 1.82) is 0 Å². The van der Waals surface area contributed by atoms with Crippen molar-refractivity contribution in [2.24, 2.45) is 5.92 Å². The van der Waals surface area contributed by atoms with Gasteiger partial charge in [-0.2, -0.15) is 0 Å². The van der Waals surface area contributed by atoms with Crippen LogP contribution in [0.3, 0.4) is 0 Å². The minimum absolute atomic E-state index is 0.00511. The molecule has 1 nitrogen and oxygen atoms in total. The fourth-order valence-electron chi connectivity index (χ4n) is 1.12. The van der Waals surface area contributed by atoms with Crippen LogP contribution in [0.5, 0.6) is 0 Å². The van der Waals surface area contributed by atoms with Crippen LogP contribution in [0.25, 0.3) is 0 Å². The first-order valence-corrected chi connectivity index (χ1v) is 4.73. The van der Waals surface area contributed by atoms with Crippen molar-refractivity contribution in [3.8, 4) is 0 Å². The third-order valence-corrected chi connectivity index (χ3v) is 2.18. The Bertz CT molecular complexity index is 269. The van der Waals surface area contributed by atoms with E-state index in [0.29, 0.717) is 6.42 Å². The van der Waals surface area contributed by atoms with E-state index in [1.165, 1.54) is 0 Å². The van der Waals surface area contributed by atoms with Crippen LogP contribution < -0.4 is 0 Å². The zero-order chi connectivity index (χ0) is 9.68. The minimum Gasteiger partial charge on any atom is -0.293 e. The second-order valence-corrected chi connectivity index (χ2v) is 3.25. The number of carbonyl (C=O) groups is 1. The van der Waals surface area contributed by atoms with Gasteiger partial charge in [0.15, 0.2) is 11.7 Å². The SMILES string of the molecule is [CH2+][C@@H](Cc1ccccc1)C(=O)CCl. The highest BCUT2D eigenvalue weighted by Gasteiger charge is 2.18. The topological polar surface area (TPSA) is 17.1 Å². The predicted octanol–water partition coefficient (Wildman–Crippen LogP) is 2.49. The Morgan fingerprint density at radius 2 is 2.00 bits per heavy atom. The number of rotatable bonds is 4. The molecule has 0 aliphatic carbocycles. The highest BCUT2D eigenvalue weighted by atomic mass is 35.5. The van der Waals surface area contributed by atoms with Crippen molar-refractivity contribution in [2.75, 3.05) is 5.88 Å². The van der Waals surface area contributed by atoms with E-state index in [1.807, 2.05) is 30.3 Å². The maximum absolute atomic E-state index is 11.1. The lowest BCUT2D eigenvalue weighted by Crippen LogP contribution is -2.14. The van der Waals surface area contributed by atoms with Gasteiger partial charge in [0.05, 0.1) is 12.8 Å². The molecule has 0 aliphatic rings. The third kappa shape index (κ3) is 3.11. The minimum atomic E-state index is -0.222. The van der Waals surface area contributed by atoms with Gasteiger partial charge in [-0.05, 0) is 5.56 Å². The highest BCUT2D eigenvalue weighted by Crippen LogP contribution is 2.09. The van der Waals surface area contributed by atoms with Gasteiger partial charge in [0, 0.05) is 6.42 Å². The van der Waals surface area contributed by atoms with Crippen molar-refractivity contribution < 1.29 is 4.79 Å². The van der Waals surface area contributed by atoms with Gasteiger partial charge in [-0.15, -0.1) is 11.6 Å². The van der Waals surface area contributed by atoms with E-state index in [1.54, 1.807) is 0 Å². The second-order valence-electron chi connectivity index (χ2n) is 2.99. The molecule has 0 bridgehead atoms. The van der Waals surface area contributed by atoms with E-state index in [9.17, 15) is 4.79 Å². The molecule has 0 N–H and O–H groups in total. The number of hydrogen-bond acceptors (Lipinski definition) is 1. The molecule has 2 heteroatoms. The van der Waals surface area contributed by atoms with Crippen molar-refractivity contribution in [2.45, 2.75) is 6.42 Å². The Kier molecular flexibility index (Phi) is 3.84. The molecule has 1 rings (SSSR count). The fourth-order valence-corrected chi connectivity index (χ4v) is 1.34. The number of halogens is 1. The molecule has 0 heterocycles. The van der Waals surface area contributed by atoms with E-state index in [4.69, 9.17) is 11.6 Å². The summed E-state index contributed by atoms with van der Waals surface area (Å²) in [6, 6.07) is 9.82. The summed E-state index contributed by atoms with van der Waals surface area (Å²) >= 11 is 5.42. The maximum atomic E-state index is 11.1. The summed E-state index contributed by atoms with van der Waals surface area (Å²) in [7, 11) is 0. The van der Waals surface area contributed by atoms with E-state index >= 15 is 0 Å². The van der Waals surface area contributed by atoms with Crippen molar-refractivity contribution >= 4 is 17.4 Å². The largest absolute Gasteiger partial charge is 0.293 e. The molecular formula is C11H12ClO+. The third-order valence-electron chi connectivity index (χ3n) is 1.91. The zero-order valence-electron chi connectivity index (χ0n) is 7.37. The quantitative estimate of drug-likeness (QED) is 0.533. The summed E-state index contributed by atoms with van der Waals surface area (Å²) in [5, 5.41) is 0. The normalized spacial score (nSPS) is 12.4. The van der Waals surface area contributed by atoms with Gasteiger partial charge >= 0.3 is 0 Å². The van der Waals surface area contributed by atoms with E-state index in [-0.39, 0.29) is 17.6 Å². The lowest BCUT2D eigenvalue weighted by atomic mass is 9.98. The van der Waals surface area contributed by atoms with E-state index in [2.05, 4.69) is 6.92 Å². The summed E-state index contributed by atoms with van der Waals surface area (Å²) in [5.41, 5.74) is 1.13. The number of alkyl halides is 1. The monoisotopic (exact) mass is 195 g/mol. The molecule has 0 saturated carbocycles. The highest BCUT2D eigenvalue weighted by molar-refractivity contribution is 6.27. The molecule has 1 aromatic carbocycles. The standard InChI is InChI=1S/C11H12ClO/c1-9(11(13)8-12)7-10-5-3-2-4-6-10/h2-6,9H,1,7-8H2/q+1/t9-/m0/s1. The maximum Gasteiger partial charge on any atom is 0.194 e. The van der Waals surface area contributed by atoms with Crippen LogP contribution in [-0.2, 0) is 11.2 Å². The average Bonchev–Trinajstić information content (AvgIpc) is 2.18. The van der Waals surface area contributed by atoms with Crippen LogP contribution in [-0.4, -0.2) is 11.7 Å². The first-order chi connectivity index (χ1) is 6.24. The lowest BCUT2D eigenvalue weighted by Gasteiger charge is -2.02. The molecule has 0 aliphatic heterocycles. The molecule has 0 fully saturated rings. The van der Waals surface area contributed by atoms with Crippen LogP contribution in [0.15, 0.2) is 30.3 Å². The Balaban J connectivity index is 2.55. The van der Waals surface area contributed by atoms with Gasteiger partial charge in [0.1, 0.15) is 0 Å². The molecule has 0 saturated heterocycles. The lowest BCUT2D eigenvalue weighted by molar-refractivity contribution is -0.119. The summed E-state index contributed by atoms with van der Waals surface area (Å²) < 4.78 is 0. The number of ketones is 1. The van der Waals surface area contributed by atoms with Gasteiger partial charge in [-0.25, -0.2) is 0 Å². The molecular weight excluding hydrogens is 184 g/mol. The zero-order valence-corrected chi connectivity index (χ0v) is 8.13. The van der Waals surface area contributed by atoms with Crippen molar-refractivity contribution in [3.63, 3.8) is 0 Å². The molecule has 0 aromatic heterocycles. The smallest absolute Gasteiger partial charge is 0.194 e. The Labute approximate surface area is 83.7 Å². The number of benzene rings is 1.